The highest BCUT2D eigenvalue weighted by Gasteiger charge is 1.98. The fourth-order valence-corrected chi connectivity index (χ4v) is 1.58. The van der Waals surface area contributed by atoms with E-state index in [1.165, 1.54) is 25.7 Å². The van der Waals surface area contributed by atoms with Crippen LogP contribution in [0.3, 0.4) is 0 Å². The molecule has 0 atom stereocenters. The number of aliphatic hydroxyl groups excluding tert-OH is 1. The molecule has 0 aromatic rings. The number of allylic oxidation sites excluding steroid dienone is 6. The maximum absolute atomic E-state index is 9.67. The molecule has 0 saturated heterocycles. The molecule has 0 amide bonds. The molecule has 0 heterocycles. The standard InChI is InChI=1S/C13H20O/c1-12-10-8-6-4-2-3-5-7-9-11-13(12)14/h4,6,8,10,14H,2-3,5,7,9,11H2,1H3/b6-4-,10-8?,13-12?. The number of hydrogen-bond acceptors (Lipinski definition) is 1. The van der Waals surface area contributed by atoms with Crippen LogP contribution in [0.25, 0.3) is 0 Å². The van der Waals surface area contributed by atoms with Crippen LogP contribution in [0.5, 0.6) is 0 Å². The molecule has 0 radical (unpaired) electrons. The second-order valence-corrected chi connectivity index (χ2v) is 3.87. The van der Waals surface area contributed by atoms with Crippen molar-refractivity contribution in [2.75, 3.05) is 0 Å². The molecule has 1 heteroatoms. The van der Waals surface area contributed by atoms with Crippen molar-refractivity contribution in [3.8, 4) is 0 Å². The van der Waals surface area contributed by atoms with Gasteiger partial charge in [-0.2, -0.15) is 0 Å². The van der Waals surface area contributed by atoms with E-state index in [2.05, 4.69) is 12.2 Å². The average molecular weight is 192 g/mol. The maximum Gasteiger partial charge on any atom is 0.0951 e. The summed E-state index contributed by atoms with van der Waals surface area (Å²) in [6, 6.07) is 0. The zero-order valence-electron chi connectivity index (χ0n) is 9.00. The van der Waals surface area contributed by atoms with Crippen LogP contribution in [0.2, 0.25) is 0 Å². The van der Waals surface area contributed by atoms with Gasteiger partial charge < -0.3 is 5.11 Å². The van der Waals surface area contributed by atoms with E-state index in [9.17, 15) is 5.11 Å². The third-order valence-corrected chi connectivity index (χ3v) is 2.58. The molecule has 0 fully saturated rings. The summed E-state index contributed by atoms with van der Waals surface area (Å²) in [5.74, 6) is 0.551. The van der Waals surface area contributed by atoms with Crippen molar-refractivity contribution >= 4 is 0 Å². The number of rotatable bonds is 0. The van der Waals surface area contributed by atoms with E-state index in [1.54, 1.807) is 0 Å². The summed E-state index contributed by atoms with van der Waals surface area (Å²) in [5.41, 5.74) is 0.996. The first-order chi connectivity index (χ1) is 6.80. The molecule has 0 spiro atoms. The van der Waals surface area contributed by atoms with Gasteiger partial charge >= 0.3 is 0 Å². The minimum Gasteiger partial charge on any atom is -0.512 e. The largest absolute Gasteiger partial charge is 0.512 e. The molecular weight excluding hydrogens is 172 g/mol. The predicted molar refractivity (Wildman–Crippen MR) is 61.3 cm³/mol. The first-order valence-corrected chi connectivity index (χ1v) is 5.52. The van der Waals surface area contributed by atoms with Crippen LogP contribution >= 0.6 is 0 Å². The Balaban J connectivity index is 2.61. The molecule has 1 nitrogen and oxygen atoms in total. The van der Waals surface area contributed by atoms with Gasteiger partial charge in [0.1, 0.15) is 0 Å². The van der Waals surface area contributed by atoms with Crippen molar-refractivity contribution in [1.82, 2.24) is 0 Å². The van der Waals surface area contributed by atoms with Crippen molar-refractivity contribution < 1.29 is 5.11 Å². The van der Waals surface area contributed by atoms with E-state index in [1.807, 2.05) is 19.1 Å². The predicted octanol–water partition coefficient (Wildman–Crippen LogP) is 4.29. The lowest BCUT2D eigenvalue weighted by Gasteiger charge is -2.03. The van der Waals surface area contributed by atoms with Crippen LogP contribution in [0.15, 0.2) is 35.6 Å². The molecule has 0 saturated carbocycles. The van der Waals surface area contributed by atoms with E-state index in [-0.39, 0.29) is 0 Å². The molecule has 1 aliphatic carbocycles. The van der Waals surface area contributed by atoms with Gasteiger partial charge in [0.15, 0.2) is 0 Å². The van der Waals surface area contributed by atoms with E-state index in [0.29, 0.717) is 5.76 Å². The van der Waals surface area contributed by atoms with Crippen LogP contribution in [0.4, 0.5) is 0 Å². The summed E-state index contributed by atoms with van der Waals surface area (Å²) < 4.78 is 0. The summed E-state index contributed by atoms with van der Waals surface area (Å²) in [4.78, 5) is 0. The summed E-state index contributed by atoms with van der Waals surface area (Å²) in [5, 5.41) is 9.67. The minimum absolute atomic E-state index is 0.551. The Hall–Kier alpha value is -0.980. The lowest BCUT2D eigenvalue weighted by Crippen LogP contribution is -1.87. The monoisotopic (exact) mass is 192 g/mol. The lowest BCUT2D eigenvalue weighted by molar-refractivity contribution is 0.375. The molecule has 1 N–H and O–H groups in total. The lowest BCUT2D eigenvalue weighted by atomic mass is 10.1. The van der Waals surface area contributed by atoms with Crippen molar-refractivity contribution in [3.63, 3.8) is 0 Å². The second-order valence-electron chi connectivity index (χ2n) is 3.87. The molecule has 0 aliphatic heterocycles. The quantitative estimate of drug-likeness (QED) is 0.607. The van der Waals surface area contributed by atoms with Gasteiger partial charge in [0.25, 0.3) is 0 Å². The Morgan fingerprint density at radius 1 is 1.07 bits per heavy atom. The zero-order chi connectivity index (χ0) is 10.2. The molecule has 0 aromatic carbocycles. The van der Waals surface area contributed by atoms with Gasteiger partial charge in [0.2, 0.25) is 0 Å². The van der Waals surface area contributed by atoms with Crippen LogP contribution < -0.4 is 0 Å². The number of hydrogen-bond donors (Lipinski definition) is 1. The topological polar surface area (TPSA) is 20.2 Å². The van der Waals surface area contributed by atoms with Gasteiger partial charge in [-0.25, -0.2) is 0 Å². The first kappa shape index (κ1) is 11.1. The first-order valence-electron chi connectivity index (χ1n) is 5.52. The fraction of sp³-hybridized carbons (Fsp3) is 0.538. The Morgan fingerprint density at radius 3 is 2.71 bits per heavy atom. The van der Waals surface area contributed by atoms with E-state index in [0.717, 1.165) is 18.4 Å². The summed E-state index contributed by atoms with van der Waals surface area (Å²) >= 11 is 0. The molecular formula is C13H20O. The SMILES string of the molecule is CC1=C(O)CCCCCC/C=C\C=C1. The van der Waals surface area contributed by atoms with E-state index >= 15 is 0 Å². The smallest absolute Gasteiger partial charge is 0.0951 e. The third kappa shape index (κ3) is 4.31. The Labute approximate surface area is 86.8 Å². The van der Waals surface area contributed by atoms with Gasteiger partial charge in [0, 0.05) is 6.42 Å². The Morgan fingerprint density at radius 2 is 1.86 bits per heavy atom. The van der Waals surface area contributed by atoms with E-state index in [4.69, 9.17) is 0 Å². The normalized spacial score (nSPS) is 22.6. The molecule has 0 unspecified atom stereocenters. The fourth-order valence-electron chi connectivity index (χ4n) is 1.58. The molecule has 0 aromatic heterocycles. The van der Waals surface area contributed by atoms with Crippen LogP contribution in [0, 0.1) is 0 Å². The molecule has 1 aliphatic rings. The van der Waals surface area contributed by atoms with Gasteiger partial charge in [-0.15, -0.1) is 0 Å². The van der Waals surface area contributed by atoms with Crippen molar-refractivity contribution in [2.24, 2.45) is 0 Å². The highest BCUT2D eigenvalue weighted by Crippen LogP contribution is 2.14. The van der Waals surface area contributed by atoms with Crippen LogP contribution in [-0.2, 0) is 0 Å². The zero-order valence-corrected chi connectivity index (χ0v) is 9.00. The van der Waals surface area contributed by atoms with Gasteiger partial charge in [-0.1, -0.05) is 37.1 Å². The maximum atomic E-state index is 9.67. The molecule has 1 rings (SSSR count). The van der Waals surface area contributed by atoms with Gasteiger partial charge in [-0.05, 0) is 31.8 Å². The van der Waals surface area contributed by atoms with Crippen LogP contribution in [-0.4, -0.2) is 5.11 Å². The third-order valence-electron chi connectivity index (χ3n) is 2.58. The van der Waals surface area contributed by atoms with Gasteiger partial charge in [0.05, 0.1) is 5.76 Å². The van der Waals surface area contributed by atoms with Crippen molar-refractivity contribution in [1.29, 1.82) is 0 Å². The number of aliphatic hydroxyl groups is 1. The second kappa shape index (κ2) is 6.47. The summed E-state index contributed by atoms with van der Waals surface area (Å²) in [6.07, 6.45) is 15.2. The van der Waals surface area contributed by atoms with Crippen molar-refractivity contribution in [3.05, 3.63) is 35.6 Å². The summed E-state index contributed by atoms with van der Waals surface area (Å²) in [7, 11) is 0. The van der Waals surface area contributed by atoms with E-state index < -0.39 is 0 Å². The molecule has 14 heavy (non-hydrogen) atoms. The minimum atomic E-state index is 0.551. The Kier molecular flexibility index (Phi) is 5.13. The Bertz CT molecular complexity index is 246. The molecule has 78 valence electrons. The highest BCUT2D eigenvalue weighted by atomic mass is 16.3. The van der Waals surface area contributed by atoms with Crippen LogP contribution in [0.1, 0.15) is 45.4 Å². The average Bonchev–Trinajstić information content (AvgIpc) is 2.18. The van der Waals surface area contributed by atoms with Crippen molar-refractivity contribution in [2.45, 2.75) is 45.4 Å². The molecule has 0 bridgehead atoms. The summed E-state index contributed by atoms with van der Waals surface area (Å²) in [6.45, 7) is 1.96. The highest BCUT2D eigenvalue weighted by molar-refractivity contribution is 5.22. The van der Waals surface area contributed by atoms with Gasteiger partial charge in [-0.3, -0.25) is 0 Å².